The minimum absolute atomic E-state index is 0.00556. The normalized spacial score (nSPS) is 14.7. The van der Waals surface area contributed by atoms with Crippen molar-refractivity contribution in [3.63, 3.8) is 0 Å². The van der Waals surface area contributed by atoms with Gasteiger partial charge in [-0.15, -0.1) is 0 Å². The highest BCUT2D eigenvalue weighted by atomic mass is 32.2. The maximum atomic E-state index is 13.5. The van der Waals surface area contributed by atoms with Gasteiger partial charge < -0.3 is 18.9 Å². The molecule has 11 heteroatoms. The number of methoxy groups -OCH3 is 1. The summed E-state index contributed by atoms with van der Waals surface area (Å²) in [6.45, 7) is 3.29. The van der Waals surface area contributed by atoms with Crippen molar-refractivity contribution in [3.05, 3.63) is 60.0 Å². The smallest absolute Gasteiger partial charge is 0.360 e. The molecule has 0 spiro atoms. The highest BCUT2D eigenvalue weighted by Gasteiger charge is 2.31. The van der Waals surface area contributed by atoms with E-state index in [1.165, 1.54) is 41.7 Å². The highest BCUT2D eigenvalue weighted by molar-refractivity contribution is 7.89. The lowest BCUT2D eigenvalue weighted by Gasteiger charge is -2.35. The quantitative estimate of drug-likeness (QED) is 0.467. The average molecular weight is 490 g/mol. The molecule has 9 nitrogen and oxygen atoms in total. The summed E-state index contributed by atoms with van der Waals surface area (Å²) < 4.78 is 57.1. The van der Waals surface area contributed by atoms with Gasteiger partial charge in [-0.3, -0.25) is 0 Å². The molecule has 1 aliphatic rings. The number of benzene rings is 2. The van der Waals surface area contributed by atoms with Gasteiger partial charge in [0.15, 0.2) is 11.5 Å². The van der Waals surface area contributed by atoms with Gasteiger partial charge in [0, 0.05) is 43.5 Å². The number of ether oxygens (including phenoxy) is 2. The summed E-state index contributed by atoms with van der Waals surface area (Å²) in [5, 5.41) is 3.71. The summed E-state index contributed by atoms with van der Waals surface area (Å²) in [6, 6.07) is 12.1. The van der Waals surface area contributed by atoms with E-state index in [4.69, 9.17) is 14.0 Å². The Hall–Kier alpha value is -3.44. The molecule has 1 fully saturated rings. The summed E-state index contributed by atoms with van der Waals surface area (Å²) in [6.07, 6.45) is 0. The van der Waals surface area contributed by atoms with Crippen LogP contribution in [-0.2, 0) is 14.8 Å². The van der Waals surface area contributed by atoms with Gasteiger partial charge in [0.25, 0.3) is 0 Å². The molecule has 3 aromatic rings. The zero-order chi connectivity index (χ0) is 24.3. The van der Waals surface area contributed by atoms with E-state index in [0.29, 0.717) is 18.7 Å². The van der Waals surface area contributed by atoms with E-state index in [-0.39, 0.29) is 47.6 Å². The standard InChI is InChI=1S/C23H24FN3O6S/c1-3-32-23(28)19-15-21(33-25-19)16-4-9-20(31-2)22(14-16)34(29,30)27-12-10-26(11-13-27)18-7-5-17(24)6-8-18/h4-9,14-15H,3,10-13H2,1-2H3. The van der Waals surface area contributed by atoms with Crippen molar-refractivity contribution in [3.8, 4) is 17.1 Å². The molecule has 2 aromatic carbocycles. The first kappa shape index (κ1) is 23.7. The van der Waals surface area contributed by atoms with Crippen LogP contribution in [0.1, 0.15) is 17.4 Å². The second kappa shape index (κ2) is 9.82. The molecule has 0 atom stereocenters. The second-order valence-electron chi connectivity index (χ2n) is 7.53. The summed E-state index contributed by atoms with van der Waals surface area (Å²) in [5.41, 5.74) is 1.25. The van der Waals surface area contributed by atoms with Crippen LogP contribution in [0.3, 0.4) is 0 Å². The van der Waals surface area contributed by atoms with Crippen molar-refractivity contribution < 1.29 is 31.6 Å². The molecular formula is C23H24FN3O6S. The zero-order valence-corrected chi connectivity index (χ0v) is 19.5. The minimum atomic E-state index is -3.90. The maximum absolute atomic E-state index is 13.5. The van der Waals surface area contributed by atoms with Crippen molar-refractivity contribution in [1.82, 2.24) is 9.46 Å². The van der Waals surface area contributed by atoms with E-state index in [1.54, 1.807) is 25.1 Å². The minimum Gasteiger partial charge on any atom is -0.495 e. The van der Waals surface area contributed by atoms with Crippen molar-refractivity contribution in [1.29, 1.82) is 0 Å². The third-order valence-electron chi connectivity index (χ3n) is 5.49. The number of piperazine rings is 1. The molecule has 180 valence electrons. The predicted octanol–water partition coefficient (Wildman–Crippen LogP) is 3.18. The first-order valence-electron chi connectivity index (χ1n) is 10.7. The van der Waals surface area contributed by atoms with Gasteiger partial charge in [-0.05, 0) is 49.4 Å². The Labute approximate surface area is 196 Å². The summed E-state index contributed by atoms with van der Waals surface area (Å²) in [4.78, 5) is 13.9. The number of carbonyl (C=O) groups excluding carboxylic acids is 1. The number of halogens is 1. The summed E-state index contributed by atoms with van der Waals surface area (Å²) >= 11 is 0. The third-order valence-corrected chi connectivity index (χ3v) is 7.41. The van der Waals surface area contributed by atoms with Crippen molar-refractivity contribution in [2.24, 2.45) is 0 Å². The SMILES string of the molecule is CCOC(=O)c1cc(-c2ccc(OC)c(S(=O)(=O)N3CCN(c4ccc(F)cc4)CC3)c2)on1. The van der Waals surface area contributed by atoms with Crippen LogP contribution >= 0.6 is 0 Å². The summed E-state index contributed by atoms with van der Waals surface area (Å²) in [7, 11) is -2.50. The number of carbonyl (C=O) groups is 1. The van der Waals surface area contributed by atoms with Crippen LogP contribution in [0.2, 0.25) is 0 Å². The lowest BCUT2D eigenvalue weighted by atomic mass is 10.1. The maximum Gasteiger partial charge on any atom is 0.360 e. The first-order chi connectivity index (χ1) is 16.3. The number of hydrogen-bond donors (Lipinski definition) is 0. The fourth-order valence-electron chi connectivity index (χ4n) is 3.72. The number of esters is 1. The summed E-state index contributed by atoms with van der Waals surface area (Å²) in [5.74, 6) is -0.533. The Kier molecular flexibility index (Phi) is 6.85. The van der Waals surface area contributed by atoms with Crippen LogP contribution in [0, 0.1) is 5.82 Å². The zero-order valence-electron chi connectivity index (χ0n) is 18.7. The van der Waals surface area contributed by atoms with Gasteiger partial charge >= 0.3 is 5.97 Å². The molecule has 0 saturated carbocycles. The van der Waals surface area contributed by atoms with Crippen LogP contribution < -0.4 is 9.64 Å². The molecular weight excluding hydrogens is 465 g/mol. The van der Waals surface area contributed by atoms with Gasteiger partial charge in [0.1, 0.15) is 16.5 Å². The Bertz CT molecular complexity index is 1270. The molecule has 4 rings (SSSR count). The molecule has 34 heavy (non-hydrogen) atoms. The molecule has 0 aliphatic carbocycles. The van der Waals surface area contributed by atoms with E-state index >= 15 is 0 Å². The largest absolute Gasteiger partial charge is 0.495 e. The van der Waals surface area contributed by atoms with E-state index in [1.807, 2.05) is 4.90 Å². The molecule has 1 saturated heterocycles. The topological polar surface area (TPSA) is 102 Å². The Morgan fingerprint density at radius 2 is 1.79 bits per heavy atom. The van der Waals surface area contributed by atoms with E-state index in [0.717, 1.165) is 5.69 Å². The number of sulfonamides is 1. The van der Waals surface area contributed by atoms with Crippen molar-refractivity contribution in [2.75, 3.05) is 44.8 Å². The fraction of sp³-hybridized carbons (Fsp3) is 0.304. The van der Waals surface area contributed by atoms with E-state index in [2.05, 4.69) is 5.16 Å². The Morgan fingerprint density at radius 3 is 2.44 bits per heavy atom. The van der Waals surface area contributed by atoms with Crippen LogP contribution in [0.4, 0.5) is 10.1 Å². The molecule has 0 bridgehead atoms. The molecule has 0 amide bonds. The number of anilines is 1. The van der Waals surface area contributed by atoms with Gasteiger partial charge in [-0.25, -0.2) is 17.6 Å². The van der Waals surface area contributed by atoms with Crippen LogP contribution in [0.5, 0.6) is 5.75 Å². The van der Waals surface area contributed by atoms with E-state index < -0.39 is 16.0 Å². The van der Waals surface area contributed by atoms with E-state index in [9.17, 15) is 17.6 Å². The van der Waals surface area contributed by atoms with Crippen LogP contribution in [-0.4, -0.2) is 63.7 Å². The van der Waals surface area contributed by atoms with Crippen LogP contribution in [0.15, 0.2) is 57.9 Å². The molecule has 0 unspecified atom stereocenters. The molecule has 0 N–H and O–H groups in total. The molecule has 2 heterocycles. The lowest BCUT2D eigenvalue weighted by Crippen LogP contribution is -2.48. The highest BCUT2D eigenvalue weighted by Crippen LogP contribution is 2.33. The third kappa shape index (κ3) is 4.75. The number of rotatable bonds is 7. The second-order valence-corrected chi connectivity index (χ2v) is 9.44. The first-order valence-corrected chi connectivity index (χ1v) is 12.1. The van der Waals surface area contributed by atoms with Crippen LogP contribution in [0.25, 0.3) is 11.3 Å². The Morgan fingerprint density at radius 1 is 1.09 bits per heavy atom. The monoisotopic (exact) mass is 489 g/mol. The molecule has 1 aliphatic heterocycles. The molecule has 1 aromatic heterocycles. The average Bonchev–Trinajstić information content (AvgIpc) is 3.35. The lowest BCUT2D eigenvalue weighted by molar-refractivity contribution is 0.0514. The van der Waals surface area contributed by atoms with Crippen molar-refractivity contribution in [2.45, 2.75) is 11.8 Å². The number of hydrogen-bond acceptors (Lipinski definition) is 8. The Balaban J connectivity index is 1.57. The van der Waals surface area contributed by atoms with Gasteiger partial charge in [0.05, 0.1) is 13.7 Å². The number of nitrogens with zero attached hydrogens (tertiary/aromatic N) is 3. The number of aromatic nitrogens is 1. The van der Waals surface area contributed by atoms with Gasteiger partial charge in [0.2, 0.25) is 10.0 Å². The predicted molar refractivity (Wildman–Crippen MR) is 122 cm³/mol. The van der Waals surface area contributed by atoms with Gasteiger partial charge in [-0.2, -0.15) is 4.31 Å². The fourth-order valence-corrected chi connectivity index (χ4v) is 5.33. The van der Waals surface area contributed by atoms with Crippen molar-refractivity contribution >= 4 is 21.7 Å². The molecule has 0 radical (unpaired) electrons. The van der Waals surface area contributed by atoms with Gasteiger partial charge in [-0.1, -0.05) is 5.16 Å².